The van der Waals surface area contributed by atoms with Crippen molar-refractivity contribution in [3.8, 4) is 0 Å². The van der Waals surface area contributed by atoms with Crippen LogP contribution in [0.5, 0.6) is 0 Å². The first-order chi connectivity index (χ1) is 10.1. The minimum Gasteiger partial charge on any atom is -0.313 e. The van der Waals surface area contributed by atoms with Gasteiger partial charge in [0, 0.05) is 28.0 Å². The third-order valence-electron chi connectivity index (χ3n) is 4.02. The molecule has 1 aromatic heterocycles. The highest BCUT2D eigenvalue weighted by Crippen LogP contribution is 2.27. The van der Waals surface area contributed by atoms with Crippen molar-refractivity contribution in [2.45, 2.75) is 25.4 Å². The summed E-state index contributed by atoms with van der Waals surface area (Å²) < 4.78 is 1.18. The molecule has 0 fully saturated rings. The molecule has 0 aliphatic carbocycles. The second-order valence-corrected chi connectivity index (χ2v) is 7.16. The first-order valence-electron chi connectivity index (χ1n) is 7.28. The van der Waals surface area contributed by atoms with Gasteiger partial charge in [-0.15, -0.1) is 11.3 Å². The third kappa shape index (κ3) is 4.39. The second kappa shape index (κ2) is 8.08. The highest BCUT2D eigenvalue weighted by Gasteiger charge is 2.16. The van der Waals surface area contributed by atoms with E-state index in [0.717, 1.165) is 13.0 Å². The number of halogens is 1. The van der Waals surface area contributed by atoms with E-state index in [4.69, 9.17) is 0 Å². The van der Waals surface area contributed by atoms with Gasteiger partial charge in [0.2, 0.25) is 0 Å². The lowest BCUT2D eigenvalue weighted by atomic mass is 10.0. The first-order valence-corrected chi connectivity index (χ1v) is 8.96. The van der Waals surface area contributed by atoms with Crippen molar-refractivity contribution in [3.63, 3.8) is 0 Å². The van der Waals surface area contributed by atoms with E-state index in [-0.39, 0.29) is 0 Å². The lowest BCUT2D eigenvalue weighted by Crippen LogP contribution is -2.27. The smallest absolute Gasteiger partial charge is 0.0410 e. The maximum Gasteiger partial charge on any atom is 0.0410 e. The third-order valence-corrected chi connectivity index (χ3v) is 5.78. The van der Waals surface area contributed by atoms with Crippen LogP contribution in [0.4, 0.5) is 0 Å². The molecule has 2 aromatic rings. The Balaban J connectivity index is 1.96. The molecule has 2 nitrogen and oxygen atoms in total. The molecule has 0 aliphatic rings. The lowest BCUT2D eigenvalue weighted by Gasteiger charge is -2.26. The minimum atomic E-state index is 0.374. The summed E-state index contributed by atoms with van der Waals surface area (Å²) >= 11 is 5.49. The number of hydrogen-bond acceptors (Lipinski definition) is 3. The van der Waals surface area contributed by atoms with Gasteiger partial charge in [0.15, 0.2) is 0 Å². The van der Waals surface area contributed by atoms with E-state index in [2.05, 4.69) is 81.9 Å². The molecule has 0 radical (unpaired) electrons. The van der Waals surface area contributed by atoms with Gasteiger partial charge in [-0.05, 0) is 50.5 Å². The number of nitrogens with one attached hydrogen (secondary N) is 1. The molecule has 0 saturated heterocycles. The van der Waals surface area contributed by atoms with E-state index < -0.39 is 0 Å². The van der Waals surface area contributed by atoms with Crippen LogP contribution in [-0.2, 0) is 0 Å². The van der Waals surface area contributed by atoms with Gasteiger partial charge in [-0.3, -0.25) is 4.90 Å². The maximum atomic E-state index is 3.65. The predicted molar refractivity (Wildman–Crippen MR) is 95.9 cm³/mol. The quantitative estimate of drug-likeness (QED) is 0.752. The number of hydrogen-bond donors (Lipinski definition) is 1. The number of nitrogens with zero attached hydrogens (tertiary/aromatic N) is 1. The second-order valence-electron chi connectivity index (χ2n) is 5.32. The highest BCUT2D eigenvalue weighted by molar-refractivity contribution is 9.10. The van der Waals surface area contributed by atoms with Crippen LogP contribution in [0.3, 0.4) is 0 Å². The Labute approximate surface area is 140 Å². The van der Waals surface area contributed by atoms with Crippen molar-refractivity contribution in [2.24, 2.45) is 0 Å². The van der Waals surface area contributed by atoms with Crippen molar-refractivity contribution in [1.82, 2.24) is 10.2 Å². The molecule has 2 rings (SSSR count). The van der Waals surface area contributed by atoms with E-state index >= 15 is 0 Å². The maximum absolute atomic E-state index is 3.65. The Kier molecular flexibility index (Phi) is 6.42. The molecule has 2 atom stereocenters. The average molecular weight is 367 g/mol. The molecule has 2 unspecified atom stereocenters. The molecule has 1 aromatic carbocycles. The summed E-state index contributed by atoms with van der Waals surface area (Å²) in [5.74, 6) is 0. The van der Waals surface area contributed by atoms with Crippen LogP contribution < -0.4 is 5.32 Å². The van der Waals surface area contributed by atoms with Gasteiger partial charge in [0.05, 0.1) is 0 Å². The molecule has 21 heavy (non-hydrogen) atoms. The fourth-order valence-electron chi connectivity index (χ4n) is 2.49. The zero-order chi connectivity index (χ0) is 15.2. The van der Waals surface area contributed by atoms with Gasteiger partial charge in [0.1, 0.15) is 0 Å². The fraction of sp³-hybridized carbons (Fsp3) is 0.412. The zero-order valence-electron chi connectivity index (χ0n) is 12.8. The Morgan fingerprint density at radius 3 is 2.62 bits per heavy atom. The largest absolute Gasteiger partial charge is 0.313 e. The van der Waals surface area contributed by atoms with E-state index in [1.807, 2.05) is 18.4 Å². The van der Waals surface area contributed by atoms with E-state index in [9.17, 15) is 0 Å². The summed E-state index contributed by atoms with van der Waals surface area (Å²) in [6.45, 7) is 3.34. The molecule has 0 aliphatic heterocycles. The van der Waals surface area contributed by atoms with Crippen molar-refractivity contribution >= 4 is 27.3 Å². The van der Waals surface area contributed by atoms with E-state index in [1.165, 1.54) is 14.9 Å². The highest BCUT2D eigenvalue weighted by atomic mass is 79.9. The van der Waals surface area contributed by atoms with Gasteiger partial charge >= 0.3 is 0 Å². The summed E-state index contributed by atoms with van der Waals surface area (Å²) in [5.41, 5.74) is 1.33. The zero-order valence-corrected chi connectivity index (χ0v) is 15.2. The van der Waals surface area contributed by atoms with Crippen molar-refractivity contribution in [3.05, 3.63) is 56.7 Å². The van der Waals surface area contributed by atoms with Gasteiger partial charge in [-0.2, -0.15) is 0 Å². The Morgan fingerprint density at radius 1 is 1.24 bits per heavy atom. The van der Waals surface area contributed by atoms with Gasteiger partial charge in [0.25, 0.3) is 0 Å². The molecule has 1 N–H and O–H groups in total. The fourth-order valence-corrected chi connectivity index (χ4v) is 3.90. The van der Waals surface area contributed by atoms with Gasteiger partial charge in [-0.25, -0.2) is 0 Å². The number of thiophene rings is 1. The summed E-state index contributed by atoms with van der Waals surface area (Å²) in [6, 6.07) is 13.6. The van der Waals surface area contributed by atoms with Crippen LogP contribution in [0.25, 0.3) is 0 Å². The topological polar surface area (TPSA) is 15.3 Å². The Morgan fingerprint density at radius 2 is 2.00 bits per heavy atom. The van der Waals surface area contributed by atoms with Crippen LogP contribution >= 0.6 is 27.3 Å². The monoisotopic (exact) mass is 366 g/mol. The standard InChI is InChI=1S/C17H23BrN2S/c1-13(17-9-6-12-21-17)20(3)11-10-16(19-2)14-7-4-5-8-15(14)18/h4-9,12-13,16,19H,10-11H2,1-3H3. The number of rotatable bonds is 7. The Bertz CT molecular complexity index is 541. The van der Waals surface area contributed by atoms with E-state index in [1.54, 1.807) is 0 Å². The number of benzene rings is 1. The molecule has 1 heterocycles. The molecular formula is C17H23BrN2S. The summed E-state index contributed by atoms with van der Waals surface area (Å²) in [6.07, 6.45) is 1.09. The molecule has 0 saturated carbocycles. The predicted octanol–water partition coefficient (Wildman–Crippen LogP) is 4.85. The van der Waals surface area contributed by atoms with Crippen LogP contribution in [-0.4, -0.2) is 25.5 Å². The average Bonchev–Trinajstić information content (AvgIpc) is 3.02. The van der Waals surface area contributed by atoms with Crippen LogP contribution in [0, 0.1) is 0 Å². The first kappa shape index (κ1) is 16.7. The SMILES string of the molecule is CNC(CCN(C)C(C)c1cccs1)c1ccccc1Br. The molecule has 0 amide bonds. The van der Waals surface area contributed by atoms with E-state index in [0.29, 0.717) is 12.1 Å². The summed E-state index contributed by atoms with van der Waals surface area (Å²) in [7, 11) is 4.24. The van der Waals surface area contributed by atoms with Crippen LogP contribution in [0.15, 0.2) is 46.3 Å². The minimum absolute atomic E-state index is 0.374. The van der Waals surface area contributed by atoms with Crippen molar-refractivity contribution in [1.29, 1.82) is 0 Å². The van der Waals surface area contributed by atoms with Crippen molar-refractivity contribution < 1.29 is 0 Å². The molecule has 0 spiro atoms. The summed E-state index contributed by atoms with van der Waals surface area (Å²) in [4.78, 5) is 3.85. The molecule has 0 bridgehead atoms. The van der Waals surface area contributed by atoms with Crippen LogP contribution in [0.1, 0.15) is 35.9 Å². The van der Waals surface area contributed by atoms with Gasteiger partial charge < -0.3 is 5.32 Å². The Hall–Kier alpha value is -0.680. The molecule has 4 heteroatoms. The normalized spacial score (nSPS) is 14.3. The molecule has 114 valence electrons. The molecular weight excluding hydrogens is 344 g/mol. The lowest BCUT2D eigenvalue weighted by molar-refractivity contribution is 0.250. The van der Waals surface area contributed by atoms with Crippen LogP contribution in [0.2, 0.25) is 0 Å². The summed E-state index contributed by atoms with van der Waals surface area (Å²) in [5, 5.41) is 5.58. The van der Waals surface area contributed by atoms with Crippen molar-refractivity contribution in [2.75, 3.05) is 20.6 Å². The van der Waals surface area contributed by atoms with Gasteiger partial charge in [-0.1, -0.05) is 40.2 Å².